The van der Waals surface area contributed by atoms with Gasteiger partial charge in [0.1, 0.15) is 0 Å². The molecule has 0 saturated carbocycles. The lowest BCUT2D eigenvalue weighted by Crippen LogP contribution is -2.25. The fraction of sp³-hybridized carbons (Fsp3) is 0.0164. The van der Waals surface area contributed by atoms with Crippen LogP contribution in [0, 0.1) is 0 Å². The van der Waals surface area contributed by atoms with Crippen LogP contribution in [-0.4, -0.2) is 4.98 Å². The van der Waals surface area contributed by atoms with Crippen LogP contribution in [0.15, 0.2) is 237 Å². The number of hydrogen-bond donors (Lipinski definition) is 1. The van der Waals surface area contributed by atoms with Crippen LogP contribution < -0.4 is 4.90 Å². The van der Waals surface area contributed by atoms with Crippen molar-refractivity contribution >= 4 is 38.9 Å². The Morgan fingerprint density at radius 3 is 1.43 bits per heavy atom. The van der Waals surface area contributed by atoms with E-state index in [1.165, 1.54) is 94.2 Å². The number of hydrogen-bond acceptors (Lipinski definition) is 1. The zero-order valence-electron chi connectivity index (χ0n) is 34.5. The maximum atomic E-state index is 3.94. The second kappa shape index (κ2) is 13.9. The van der Waals surface area contributed by atoms with Gasteiger partial charge in [-0.15, -0.1) is 0 Å². The van der Waals surface area contributed by atoms with Crippen LogP contribution in [0.1, 0.15) is 22.3 Å². The highest BCUT2D eigenvalue weighted by Gasteiger charge is 2.52. The number of benzene rings is 10. The molecule has 2 aliphatic carbocycles. The standard InChI is InChI=1S/C61H40N2/c1-3-15-40(16-4-1)41-27-32-45(33-28-41)63(58-26-14-10-19-47(58)43-17-5-2-6-18-43)46-34-29-42(30-35-46)44-31-38-57-52(39-44)50-36-37-56-59(60(50)62-57)51-22-9-13-25-55(51)61(56)53-23-11-7-20-48(53)49-21-8-12-24-54(49)61/h1-39,62H. The monoisotopic (exact) mass is 800 g/mol. The van der Waals surface area contributed by atoms with Gasteiger partial charge in [-0.05, 0) is 109 Å². The molecule has 2 nitrogen and oxygen atoms in total. The van der Waals surface area contributed by atoms with Gasteiger partial charge in [0.25, 0.3) is 0 Å². The molecule has 2 aliphatic rings. The first-order valence-corrected chi connectivity index (χ1v) is 21.8. The number of aromatic amines is 1. The summed E-state index contributed by atoms with van der Waals surface area (Å²) in [7, 11) is 0. The molecule has 0 bridgehead atoms. The number of anilines is 3. The smallest absolute Gasteiger partial charge is 0.0726 e. The molecule has 2 heteroatoms. The fourth-order valence-corrected chi connectivity index (χ4v) is 10.9. The highest BCUT2D eigenvalue weighted by molar-refractivity contribution is 6.15. The van der Waals surface area contributed by atoms with Crippen molar-refractivity contribution in [2.24, 2.45) is 0 Å². The predicted octanol–water partition coefficient (Wildman–Crippen LogP) is 16.1. The Bertz CT molecular complexity index is 3500. The van der Waals surface area contributed by atoms with Crippen LogP contribution in [0.4, 0.5) is 17.1 Å². The molecule has 0 saturated heterocycles. The van der Waals surface area contributed by atoms with Crippen LogP contribution in [0.3, 0.4) is 0 Å². The Morgan fingerprint density at radius 2 is 0.794 bits per heavy atom. The molecule has 0 unspecified atom stereocenters. The van der Waals surface area contributed by atoms with E-state index in [0.717, 1.165) is 22.6 Å². The van der Waals surface area contributed by atoms with Crippen molar-refractivity contribution in [3.63, 3.8) is 0 Å². The van der Waals surface area contributed by atoms with E-state index in [9.17, 15) is 0 Å². The number of rotatable bonds is 6. The molecule has 1 spiro atoms. The molecule has 1 heterocycles. The molecule has 1 N–H and O–H groups in total. The third-order valence-corrected chi connectivity index (χ3v) is 13.7. The van der Waals surface area contributed by atoms with Gasteiger partial charge in [-0.1, -0.05) is 194 Å². The van der Waals surface area contributed by atoms with Crippen LogP contribution in [0.5, 0.6) is 0 Å². The van der Waals surface area contributed by atoms with Crippen LogP contribution >= 0.6 is 0 Å². The van der Waals surface area contributed by atoms with E-state index >= 15 is 0 Å². The summed E-state index contributed by atoms with van der Waals surface area (Å²) in [6.07, 6.45) is 0. The Labute approximate surface area is 367 Å². The Kier molecular flexibility index (Phi) is 7.85. The van der Waals surface area contributed by atoms with Crippen molar-refractivity contribution in [3.05, 3.63) is 259 Å². The topological polar surface area (TPSA) is 19.0 Å². The summed E-state index contributed by atoms with van der Waals surface area (Å²) in [5.41, 5.74) is 23.2. The van der Waals surface area contributed by atoms with Gasteiger partial charge >= 0.3 is 0 Å². The number of fused-ring (bicyclic) bond motifs is 14. The summed E-state index contributed by atoms with van der Waals surface area (Å²) < 4.78 is 0. The summed E-state index contributed by atoms with van der Waals surface area (Å²) >= 11 is 0. The van der Waals surface area contributed by atoms with E-state index in [2.05, 4.69) is 246 Å². The minimum absolute atomic E-state index is 0.364. The first-order valence-electron chi connectivity index (χ1n) is 21.8. The van der Waals surface area contributed by atoms with Gasteiger partial charge in [0.2, 0.25) is 0 Å². The lowest BCUT2D eigenvalue weighted by Gasteiger charge is -2.30. The lowest BCUT2D eigenvalue weighted by molar-refractivity contribution is 0.794. The Morgan fingerprint density at radius 1 is 0.317 bits per heavy atom. The summed E-state index contributed by atoms with van der Waals surface area (Å²) in [5, 5.41) is 2.48. The minimum atomic E-state index is -0.364. The molecule has 0 atom stereocenters. The second-order valence-electron chi connectivity index (χ2n) is 16.9. The number of para-hydroxylation sites is 1. The van der Waals surface area contributed by atoms with Crippen molar-refractivity contribution in [2.45, 2.75) is 5.41 Å². The highest BCUT2D eigenvalue weighted by atomic mass is 15.1. The van der Waals surface area contributed by atoms with Gasteiger partial charge < -0.3 is 9.88 Å². The zero-order chi connectivity index (χ0) is 41.5. The van der Waals surface area contributed by atoms with Gasteiger partial charge in [-0.3, -0.25) is 0 Å². The van der Waals surface area contributed by atoms with E-state index in [4.69, 9.17) is 0 Å². The maximum absolute atomic E-state index is 3.94. The summed E-state index contributed by atoms with van der Waals surface area (Å²) in [6.45, 7) is 0. The first-order chi connectivity index (χ1) is 31.3. The largest absolute Gasteiger partial charge is 0.354 e. The maximum Gasteiger partial charge on any atom is 0.0726 e. The van der Waals surface area contributed by atoms with Gasteiger partial charge in [0.05, 0.1) is 16.6 Å². The van der Waals surface area contributed by atoms with Crippen LogP contribution in [0.25, 0.3) is 77.4 Å². The average molecular weight is 801 g/mol. The van der Waals surface area contributed by atoms with Gasteiger partial charge in [-0.2, -0.15) is 0 Å². The molecule has 1 aromatic heterocycles. The van der Waals surface area contributed by atoms with E-state index in [-0.39, 0.29) is 5.41 Å². The lowest BCUT2D eigenvalue weighted by atomic mass is 9.70. The first kappa shape index (κ1) is 35.5. The molecular weight excluding hydrogens is 761 g/mol. The number of nitrogens with zero attached hydrogens (tertiary/aromatic N) is 1. The molecule has 0 radical (unpaired) electrons. The second-order valence-corrected chi connectivity index (χ2v) is 16.9. The van der Waals surface area contributed by atoms with Gasteiger partial charge in [0, 0.05) is 38.8 Å². The van der Waals surface area contributed by atoms with Gasteiger partial charge in [0.15, 0.2) is 0 Å². The molecule has 11 aromatic rings. The third-order valence-electron chi connectivity index (χ3n) is 13.7. The fourth-order valence-electron chi connectivity index (χ4n) is 10.9. The van der Waals surface area contributed by atoms with Crippen molar-refractivity contribution in [3.8, 4) is 55.6 Å². The molecule has 63 heavy (non-hydrogen) atoms. The summed E-state index contributed by atoms with van der Waals surface area (Å²) in [4.78, 5) is 6.32. The Balaban J connectivity index is 0.923. The van der Waals surface area contributed by atoms with Crippen LogP contribution in [0.2, 0.25) is 0 Å². The molecule has 0 fully saturated rings. The highest BCUT2D eigenvalue weighted by Crippen LogP contribution is 2.63. The molecule has 10 aromatic carbocycles. The van der Waals surface area contributed by atoms with Crippen molar-refractivity contribution in [1.82, 2.24) is 4.98 Å². The zero-order valence-corrected chi connectivity index (χ0v) is 34.5. The Hall–Kier alpha value is -8.20. The van der Waals surface area contributed by atoms with Crippen molar-refractivity contribution in [2.75, 3.05) is 4.90 Å². The summed E-state index contributed by atoms with van der Waals surface area (Å²) in [6, 6.07) is 86.8. The van der Waals surface area contributed by atoms with E-state index in [1.54, 1.807) is 0 Å². The number of nitrogens with one attached hydrogen (secondary N) is 1. The minimum Gasteiger partial charge on any atom is -0.354 e. The normalized spacial score (nSPS) is 12.9. The van der Waals surface area contributed by atoms with Crippen LogP contribution in [-0.2, 0) is 5.41 Å². The van der Waals surface area contributed by atoms with Crippen molar-refractivity contribution in [1.29, 1.82) is 0 Å². The molecule has 13 rings (SSSR count). The molecular formula is C61H40N2. The summed E-state index contributed by atoms with van der Waals surface area (Å²) in [5.74, 6) is 0. The molecule has 0 aliphatic heterocycles. The molecule has 294 valence electrons. The average Bonchev–Trinajstić information content (AvgIpc) is 3.99. The van der Waals surface area contributed by atoms with Crippen molar-refractivity contribution < 1.29 is 0 Å². The van der Waals surface area contributed by atoms with E-state index in [1.807, 2.05) is 0 Å². The van der Waals surface area contributed by atoms with Gasteiger partial charge in [-0.25, -0.2) is 0 Å². The predicted molar refractivity (Wildman–Crippen MR) is 263 cm³/mol. The van der Waals surface area contributed by atoms with E-state index < -0.39 is 0 Å². The quantitative estimate of drug-likeness (QED) is 0.177. The molecule has 0 amide bonds. The third kappa shape index (κ3) is 5.25. The number of aromatic nitrogens is 1. The van der Waals surface area contributed by atoms with E-state index in [0.29, 0.717) is 0 Å². The number of H-pyrrole nitrogens is 1. The SMILES string of the molecule is c1ccc(-c2ccc(N(c3ccc(-c4ccc5[nH]c6c7c(ccc6c5c4)C4(c5ccccc5-c5ccccc54)c4ccccc4-7)cc3)c3ccccc3-c3ccccc3)cc2)cc1.